The molecule has 0 spiro atoms. The van der Waals surface area contributed by atoms with E-state index in [4.69, 9.17) is 16.3 Å². The number of benzene rings is 3. The van der Waals surface area contributed by atoms with Crippen molar-refractivity contribution in [2.75, 3.05) is 18.0 Å². The van der Waals surface area contributed by atoms with E-state index in [1.165, 1.54) is 54.5 Å². The molecule has 0 bridgehead atoms. The zero-order valence-electron chi connectivity index (χ0n) is 24.6. The molecule has 0 aliphatic heterocycles. The van der Waals surface area contributed by atoms with Gasteiger partial charge in [-0.25, -0.2) is 12.8 Å². The van der Waals surface area contributed by atoms with Crippen LogP contribution in [0, 0.1) is 12.7 Å². The van der Waals surface area contributed by atoms with Gasteiger partial charge in [-0.05, 0) is 74.2 Å². The van der Waals surface area contributed by atoms with Crippen LogP contribution in [-0.4, -0.2) is 50.9 Å². The first-order valence-electron chi connectivity index (χ1n) is 14.3. The molecular formula is C32H37ClFN3O5S. The van der Waals surface area contributed by atoms with Crippen LogP contribution in [0.1, 0.15) is 50.2 Å². The van der Waals surface area contributed by atoms with Gasteiger partial charge in [0, 0.05) is 12.6 Å². The van der Waals surface area contributed by atoms with Crippen LogP contribution in [0.25, 0.3) is 0 Å². The number of amides is 2. The molecule has 1 unspecified atom stereocenters. The molecule has 43 heavy (non-hydrogen) atoms. The number of halogens is 2. The van der Waals surface area contributed by atoms with E-state index in [2.05, 4.69) is 5.32 Å². The average molecular weight is 630 g/mol. The Morgan fingerprint density at radius 2 is 1.70 bits per heavy atom. The standard InChI is InChI=1S/C32H37ClFN3O5S/c1-4-29(32(39)35-25-7-5-6-8-25)36(20-23-11-13-24(34)14-12-23)31(38)21-37(26-15-18-30(42-3)28(33)19-26)43(40,41)27-16-9-22(2)10-17-27/h9-19,25,29H,4-8,20-21H2,1-3H3,(H,35,39). The first-order chi connectivity index (χ1) is 20.5. The molecule has 0 heterocycles. The third-order valence-corrected chi connectivity index (χ3v) is 9.75. The summed E-state index contributed by atoms with van der Waals surface area (Å²) in [5.74, 6) is -0.984. The second-order valence-corrected chi connectivity index (χ2v) is 13.0. The highest BCUT2D eigenvalue weighted by atomic mass is 35.5. The lowest BCUT2D eigenvalue weighted by Crippen LogP contribution is -2.53. The minimum absolute atomic E-state index is 0.00561. The number of nitrogens with one attached hydrogen (secondary N) is 1. The Bertz CT molecular complexity index is 1530. The molecule has 1 aliphatic rings. The van der Waals surface area contributed by atoms with Gasteiger partial charge in [0.2, 0.25) is 11.8 Å². The molecule has 1 saturated carbocycles. The van der Waals surface area contributed by atoms with Crippen molar-refractivity contribution in [2.24, 2.45) is 0 Å². The van der Waals surface area contributed by atoms with Crippen LogP contribution in [0.4, 0.5) is 10.1 Å². The normalized spacial score (nSPS) is 14.3. The van der Waals surface area contributed by atoms with Gasteiger partial charge in [-0.1, -0.05) is 61.2 Å². The molecule has 3 aromatic carbocycles. The first-order valence-corrected chi connectivity index (χ1v) is 16.1. The molecule has 0 saturated heterocycles. The molecular weight excluding hydrogens is 593 g/mol. The number of methoxy groups -OCH3 is 1. The van der Waals surface area contributed by atoms with Gasteiger partial charge < -0.3 is 15.0 Å². The summed E-state index contributed by atoms with van der Waals surface area (Å²) >= 11 is 6.38. The molecule has 1 aliphatic carbocycles. The number of aryl methyl sites for hydroxylation is 1. The fourth-order valence-corrected chi connectivity index (χ4v) is 6.91. The summed E-state index contributed by atoms with van der Waals surface area (Å²) in [5, 5.41) is 3.24. The second kappa shape index (κ2) is 14.2. The quantitative estimate of drug-likeness (QED) is 0.271. The summed E-state index contributed by atoms with van der Waals surface area (Å²) < 4.78 is 48.0. The Hall–Kier alpha value is -3.63. The van der Waals surface area contributed by atoms with Crippen LogP contribution in [0.15, 0.2) is 71.6 Å². The number of rotatable bonds is 12. The van der Waals surface area contributed by atoms with Crippen LogP contribution < -0.4 is 14.4 Å². The Morgan fingerprint density at radius 3 is 2.28 bits per heavy atom. The largest absolute Gasteiger partial charge is 0.495 e. The topological polar surface area (TPSA) is 96.0 Å². The van der Waals surface area contributed by atoms with Gasteiger partial charge in [-0.15, -0.1) is 0 Å². The Labute approximate surface area is 257 Å². The summed E-state index contributed by atoms with van der Waals surface area (Å²) in [6.45, 7) is 3.02. The fourth-order valence-electron chi connectivity index (χ4n) is 5.25. The van der Waals surface area contributed by atoms with E-state index >= 15 is 0 Å². The lowest BCUT2D eigenvalue weighted by molar-refractivity contribution is -0.140. The predicted octanol–water partition coefficient (Wildman–Crippen LogP) is 5.86. The van der Waals surface area contributed by atoms with Crippen molar-refractivity contribution in [2.45, 2.75) is 69.5 Å². The van der Waals surface area contributed by atoms with Gasteiger partial charge in [0.05, 0.1) is 22.7 Å². The number of carbonyl (C=O) groups is 2. The third kappa shape index (κ3) is 7.86. The monoisotopic (exact) mass is 629 g/mol. The van der Waals surface area contributed by atoms with Crippen molar-refractivity contribution in [1.29, 1.82) is 0 Å². The smallest absolute Gasteiger partial charge is 0.264 e. The van der Waals surface area contributed by atoms with Crippen LogP contribution in [0.5, 0.6) is 5.75 Å². The highest BCUT2D eigenvalue weighted by molar-refractivity contribution is 7.92. The fraction of sp³-hybridized carbons (Fsp3) is 0.375. The van der Waals surface area contributed by atoms with E-state index in [-0.39, 0.29) is 34.1 Å². The molecule has 8 nitrogen and oxygen atoms in total. The van der Waals surface area contributed by atoms with Crippen LogP contribution in [0.3, 0.4) is 0 Å². The van der Waals surface area contributed by atoms with Gasteiger partial charge in [-0.3, -0.25) is 13.9 Å². The van der Waals surface area contributed by atoms with Gasteiger partial charge in [0.25, 0.3) is 10.0 Å². The SMILES string of the molecule is CCC(C(=O)NC1CCCC1)N(Cc1ccc(F)cc1)C(=O)CN(c1ccc(OC)c(Cl)c1)S(=O)(=O)c1ccc(C)cc1. The summed E-state index contributed by atoms with van der Waals surface area (Å²) in [6.07, 6.45) is 4.08. The molecule has 1 fully saturated rings. The highest BCUT2D eigenvalue weighted by Crippen LogP contribution is 2.32. The maximum Gasteiger partial charge on any atom is 0.264 e. The molecule has 230 valence electrons. The summed E-state index contributed by atoms with van der Waals surface area (Å²) in [6, 6.07) is 15.6. The summed E-state index contributed by atoms with van der Waals surface area (Å²) in [4.78, 5) is 29.1. The number of carbonyl (C=O) groups excluding carboxylic acids is 2. The van der Waals surface area contributed by atoms with Crippen molar-refractivity contribution in [1.82, 2.24) is 10.2 Å². The molecule has 11 heteroatoms. The van der Waals surface area contributed by atoms with E-state index in [9.17, 15) is 22.4 Å². The molecule has 3 aromatic rings. The van der Waals surface area contributed by atoms with Gasteiger partial charge in [0.1, 0.15) is 24.2 Å². The lowest BCUT2D eigenvalue weighted by Gasteiger charge is -2.34. The Balaban J connectivity index is 1.73. The first kappa shape index (κ1) is 32.3. The molecule has 2 amide bonds. The van der Waals surface area contributed by atoms with Crippen molar-refractivity contribution >= 4 is 39.1 Å². The Morgan fingerprint density at radius 1 is 1.05 bits per heavy atom. The third-order valence-electron chi connectivity index (χ3n) is 7.66. The molecule has 4 rings (SSSR count). The zero-order chi connectivity index (χ0) is 31.1. The zero-order valence-corrected chi connectivity index (χ0v) is 26.1. The van der Waals surface area contributed by atoms with Crippen LogP contribution >= 0.6 is 11.6 Å². The highest BCUT2D eigenvalue weighted by Gasteiger charge is 2.34. The number of ether oxygens (including phenoxy) is 1. The van der Waals surface area contributed by atoms with Gasteiger partial charge >= 0.3 is 0 Å². The second-order valence-electron chi connectivity index (χ2n) is 10.7. The number of hydrogen-bond donors (Lipinski definition) is 1. The van der Waals surface area contributed by atoms with E-state index in [0.717, 1.165) is 35.6 Å². The number of anilines is 1. The van der Waals surface area contributed by atoms with Crippen LogP contribution in [-0.2, 0) is 26.2 Å². The van der Waals surface area contributed by atoms with E-state index in [1.54, 1.807) is 31.2 Å². The maximum atomic E-state index is 14.2. The molecule has 1 atom stereocenters. The van der Waals surface area contributed by atoms with E-state index < -0.39 is 34.3 Å². The predicted molar refractivity (Wildman–Crippen MR) is 165 cm³/mol. The maximum absolute atomic E-state index is 14.2. The minimum atomic E-state index is -4.25. The van der Waals surface area contributed by atoms with Crippen molar-refractivity contribution in [3.05, 3.63) is 88.7 Å². The summed E-state index contributed by atoms with van der Waals surface area (Å²) in [7, 11) is -2.80. The number of nitrogens with zero attached hydrogens (tertiary/aromatic N) is 2. The average Bonchev–Trinajstić information content (AvgIpc) is 3.50. The van der Waals surface area contributed by atoms with Gasteiger partial charge in [0.15, 0.2) is 0 Å². The van der Waals surface area contributed by atoms with Crippen molar-refractivity contribution in [3.8, 4) is 5.75 Å². The molecule has 1 N–H and O–H groups in total. The molecule has 0 aromatic heterocycles. The van der Waals surface area contributed by atoms with E-state index in [1.807, 2.05) is 6.92 Å². The van der Waals surface area contributed by atoms with Crippen LogP contribution in [0.2, 0.25) is 5.02 Å². The number of hydrogen-bond acceptors (Lipinski definition) is 5. The minimum Gasteiger partial charge on any atom is -0.495 e. The van der Waals surface area contributed by atoms with E-state index in [0.29, 0.717) is 17.7 Å². The molecule has 0 radical (unpaired) electrons. The number of sulfonamides is 1. The van der Waals surface area contributed by atoms with Crippen molar-refractivity contribution < 1.29 is 27.1 Å². The summed E-state index contributed by atoms with van der Waals surface area (Å²) in [5.41, 5.74) is 1.63. The lowest BCUT2D eigenvalue weighted by atomic mass is 10.1. The van der Waals surface area contributed by atoms with Crippen molar-refractivity contribution in [3.63, 3.8) is 0 Å². The van der Waals surface area contributed by atoms with Gasteiger partial charge in [-0.2, -0.15) is 0 Å². The Kier molecular flexibility index (Phi) is 10.7.